The number of rotatable bonds is 5. The van der Waals surface area contributed by atoms with Gasteiger partial charge >= 0.3 is 0 Å². The number of benzene rings is 2. The Kier molecular flexibility index (Phi) is 4.14. The van der Waals surface area contributed by atoms with Crippen LogP contribution in [-0.4, -0.2) is 36.7 Å². The molecule has 6 nitrogen and oxygen atoms in total. The van der Waals surface area contributed by atoms with Gasteiger partial charge in [0.05, 0.1) is 16.9 Å². The lowest BCUT2D eigenvalue weighted by molar-refractivity contribution is 0.268. The van der Waals surface area contributed by atoms with Crippen molar-refractivity contribution < 1.29 is 9.50 Å². The van der Waals surface area contributed by atoms with Gasteiger partial charge in [-0.1, -0.05) is 13.0 Å². The fourth-order valence-electron chi connectivity index (χ4n) is 4.64. The molecule has 2 aromatic carbocycles. The first-order valence-corrected chi connectivity index (χ1v) is 10.9. The Morgan fingerprint density at radius 1 is 1.19 bits per heavy atom. The van der Waals surface area contributed by atoms with Crippen molar-refractivity contribution in [1.29, 1.82) is 0 Å². The number of nitrogens with one attached hydrogen (secondary N) is 2. The maximum atomic E-state index is 14.0. The minimum Gasteiger partial charge on any atom is -0.505 e. The molecular formula is C24H24FN5O. The molecule has 31 heavy (non-hydrogen) atoms. The van der Waals surface area contributed by atoms with E-state index in [1.54, 1.807) is 0 Å². The lowest BCUT2D eigenvalue weighted by atomic mass is 9.96. The van der Waals surface area contributed by atoms with Crippen molar-refractivity contribution in [2.75, 3.05) is 6.54 Å². The second-order valence-corrected chi connectivity index (χ2v) is 8.77. The summed E-state index contributed by atoms with van der Waals surface area (Å²) in [7, 11) is 0. The second-order valence-electron chi connectivity index (χ2n) is 8.77. The number of hydrogen-bond donors (Lipinski definition) is 3. The van der Waals surface area contributed by atoms with Crippen molar-refractivity contribution in [3.05, 3.63) is 53.1 Å². The van der Waals surface area contributed by atoms with Crippen LogP contribution in [0.25, 0.3) is 33.5 Å². The highest BCUT2D eigenvalue weighted by molar-refractivity contribution is 5.94. The zero-order valence-electron chi connectivity index (χ0n) is 17.4. The van der Waals surface area contributed by atoms with Crippen molar-refractivity contribution in [2.45, 2.75) is 39.3 Å². The van der Waals surface area contributed by atoms with Gasteiger partial charge in [-0.15, -0.1) is 0 Å². The van der Waals surface area contributed by atoms with Crippen LogP contribution in [0.4, 0.5) is 4.39 Å². The molecule has 1 fully saturated rings. The fraction of sp³-hybridized carbons (Fsp3) is 0.333. The van der Waals surface area contributed by atoms with Gasteiger partial charge in [-0.25, -0.2) is 9.37 Å². The summed E-state index contributed by atoms with van der Waals surface area (Å²) >= 11 is 0. The monoisotopic (exact) mass is 417 g/mol. The van der Waals surface area contributed by atoms with E-state index in [1.165, 1.54) is 37.2 Å². The molecule has 0 unspecified atom stereocenters. The van der Waals surface area contributed by atoms with Crippen LogP contribution in [-0.2, 0) is 19.5 Å². The van der Waals surface area contributed by atoms with Gasteiger partial charge in [-0.3, -0.25) is 10.00 Å². The number of aromatic amines is 2. The number of hydrogen-bond acceptors (Lipinski definition) is 4. The SMILES string of the molecule is CCc1cc(O)c(F)cc1-c1ccc2c(-c3nc4c([nH]3)CN(CC3CC3)C4)n[nH]c2c1. The van der Waals surface area contributed by atoms with Crippen LogP contribution in [0.2, 0.25) is 0 Å². The molecule has 1 aliphatic carbocycles. The van der Waals surface area contributed by atoms with Crippen LogP contribution in [0.5, 0.6) is 5.75 Å². The van der Waals surface area contributed by atoms with Crippen LogP contribution in [0.1, 0.15) is 36.7 Å². The molecule has 4 aromatic rings. The summed E-state index contributed by atoms with van der Waals surface area (Å²) in [4.78, 5) is 10.8. The molecule has 0 atom stereocenters. The molecule has 1 saturated carbocycles. The number of aromatic nitrogens is 4. The molecule has 7 heteroatoms. The Morgan fingerprint density at radius 2 is 2.06 bits per heavy atom. The predicted octanol–water partition coefficient (Wildman–Crippen LogP) is 4.75. The summed E-state index contributed by atoms with van der Waals surface area (Å²) in [5.41, 5.74) is 6.55. The summed E-state index contributed by atoms with van der Waals surface area (Å²) in [5, 5.41) is 18.3. The Morgan fingerprint density at radius 3 is 2.84 bits per heavy atom. The van der Waals surface area contributed by atoms with Gasteiger partial charge in [0.25, 0.3) is 0 Å². The molecule has 0 saturated heterocycles. The maximum absolute atomic E-state index is 14.0. The van der Waals surface area contributed by atoms with Crippen LogP contribution < -0.4 is 0 Å². The van der Waals surface area contributed by atoms with Crippen LogP contribution >= 0.6 is 0 Å². The third-order valence-electron chi connectivity index (χ3n) is 6.48. The van der Waals surface area contributed by atoms with Crippen molar-refractivity contribution in [1.82, 2.24) is 25.1 Å². The van der Waals surface area contributed by atoms with Crippen LogP contribution in [0, 0.1) is 11.7 Å². The van der Waals surface area contributed by atoms with E-state index in [0.29, 0.717) is 6.42 Å². The van der Waals surface area contributed by atoms with Crippen molar-refractivity contribution in [2.24, 2.45) is 5.92 Å². The van der Waals surface area contributed by atoms with Crippen molar-refractivity contribution >= 4 is 10.9 Å². The van der Waals surface area contributed by atoms with E-state index in [0.717, 1.165) is 63.8 Å². The average Bonchev–Trinajstić information content (AvgIpc) is 3.16. The third kappa shape index (κ3) is 3.20. The zero-order valence-corrected chi connectivity index (χ0v) is 17.4. The molecule has 3 heterocycles. The average molecular weight is 417 g/mol. The minimum absolute atomic E-state index is 0.313. The normalized spacial score (nSPS) is 16.3. The van der Waals surface area contributed by atoms with Gasteiger partial charge in [-0.2, -0.15) is 5.10 Å². The lowest BCUT2D eigenvalue weighted by Crippen LogP contribution is -2.19. The number of halogens is 1. The number of imidazole rings is 1. The largest absolute Gasteiger partial charge is 0.505 e. The van der Waals surface area contributed by atoms with E-state index in [9.17, 15) is 9.50 Å². The Bertz CT molecular complexity index is 1280. The highest BCUT2D eigenvalue weighted by atomic mass is 19.1. The highest BCUT2D eigenvalue weighted by Crippen LogP contribution is 2.35. The first-order valence-electron chi connectivity index (χ1n) is 10.9. The van der Waals surface area contributed by atoms with Gasteiger partial charge in [-0.05, 0) is 66.1 Å². The molecule has 3 N–H and O–H groups in total. The summed E-state index contributed by atoms with van der Waals surface area (Å²) in [6.45, 7) is 4.99. The molecule has 2 aliphatic rings. The highest BCUT2D eigenvalue weighted by Gasteiger charge is 2.30. The van der Waals surface area contributed by atoms with Crippen molar-refractivity contribution in [3.63, 3.8) is 0 Å². The molecule has 2 aromatic heterocycles. The molecule has 0 radical (unpaired) electrons. The molecular weight excluding hydrogens is 393 g/mol. The van der Waals surface area contributed by atoms with Crippen molar-refractivity contribution in [3.8, 4) is 28.4 Å². The Labute approximate surface area is 179 Å². The summed E-state index contributed by atoms with van der Waals surface area (Å²) in [6.07, 6.45) is 3.42. The van der Waals surface area contributed by atoms with Gasteiger partial charge in [0, 0.05) is 25.0 Å². The predicted molar refractivity (Wildman–Crippen MR) is 117 cm³/mol. The van der Waals surface area contributed by atoms with E-state index in [1.807, 2.05) is 25.1 Å². The Hall–Kier alpha value is -3.19. The number of aryl methyl sites for hydroxylation is 1. The molecule has 0 amide bonds. The van der Waals surface area contributed by atoms with Crippen LogP contribution in [0.15, 0.2) is 30.3 Å². The summed E-state index contributed by atoms with van der Waals surface area (Å²) < 4.78 is 14.0. The number of H-pyrrole nitrogens is 2. The number of nitrogens with zero attached hydrogens (tertiary/aromatic N) is 3. The lowest BCUT2D eigenvalue weighted by Gasteiger charge is -2.13. The number of aromatic hydroxyl groups is 1. The smallest absolute Gasteiger partial charge is 0.165 e. The molecule has 0 bridgehead atoms. The zero-order chi connectivity index (χ0) is 21.1. The Balaban J connectivity index is 1.32. The first kappa shape index (κ1) is 18.6. The van der Waals surface area contributed by atoms with Gasteiger partial charge in [0.2, 0.25) is 0 Å². The maximum Gasteiger partial charge on any atom is 0.165 e. The number of phenolic OH excluding ortho intramolecular Hbond substituents is 1. The molecule has 0 spiro atoms. The van der Waals surface area contributed by atoms with E-state index >= 15 is 0 Å². The fourth-order valence-corrected chi connectivity index (χ4v) is 4.64. The summed E-state index contributed by atoms with van der Waals surface area (Å²) in [5.74, 6) is 0.744. The minimum atomic E-state index is -0.613. The standard InChI is InChI=1S/C24H24FN5O/c1-2-14-8-22(31)18(25)9-17(14)15-5-6-16-19(7-15)28-29-23(16)24-26-20-11-30(10-13-3-4-13)12-21(20)27-24/h5-9,13,31H,2-4,10-12H2,1H3,(H,26,27)(H,28,29). The van der Waals surface area contributed by atoms with E-state index in [-0.39, 0.29) is 5.75 Å². The van der Waals surface area contributed by atoms with E-state index < -0.39 is 5.82 Å². The summed E-state index contributed by atoms with van der Waals surface area (Å²) in [6, 6.07) is 8.85. The quantitative estimate of drug-likeness (QED) is 0.438. The molecule has 6 rings (SSSR count). The van der Waals surface area contributed by atoms with E-state index in [2.05, 4.69) is 20.1 Å². The topological polar surface area (TPSA) is 80.8 Å². The molecule has 1 aliphatic heterocycles. The van der Waals surface area contributed by atoms with Gasteiger partial charge in [0.15, 0.2) is 17.4 Å². The number of fused-ring (bicyclic) bond motifs is 2. The van der Waals surface area contributed by atoms with Crippen LogP contribution in [0.3, 0.4) is 0 Å². The first-order chi connectivity index (χ1) is 15.1. The van der Waals surface area contributed by atoms with Gasteiger partial charge in [0.1, 0.15) is 5.69 Å². The molecule has 158 valence electrons. The second kappa shape index (κ2) is 6.92. The number of phenols is 1. The third-order valence-corrected chi connectivity index (χ3v) is 6.48. The van der Waals surface area contributed by atoms with E-state index in [4.69, 9.17) is 4.98 Å². The van der Waals surface area contributed by atoms with Gasteiger partial charge < -0.3 is 10.1 Å².